The van der Waals surface area contributed by atoms with Crippen LogP contribution < -0.4 is 5.32 Å². The van der Waals surface area contributed by atoms with Gasteiger partial charge in [-0.15, -0.1) is 0 Å². The fourth-order valence-corrected chi connectivity index (χ4v) is 3.22. The summed E-state index contributed by atoms with van der Waals surface area (Å²) in [6.07, 6.45) is 2.65. The Hall–Kier alpha value is -0.570. The van der Waals surface area contributed by atoms with Crippen molar-refractivity contribution in [3.63, 3.8) is 0 Å². The molecule has 1 saturated heterocycles. The SMILES string of the molecule is CC(NC(C)C1CCCN(C)C1)c1cccc(Cl)c1. The van der Waals surface area contributed by atoms with E-state index in [0.717, 1.165) is 10.9 Å². The van der Waals surface area contributed by atoms with Crippen LogP contribution in [-0.2, 0) is 0 Å². The molecule has 1 aromatic rings. The zero-order valence-corrected chi connectivity index (χ0v) is 13.0. The molecule has 0 amide bonds. The molecule has 1 aliphatic rings. The molecule has 2 nitrogen and oxygen atoms in total. The topological polar surface area (TPSA) is 15.3 Å². The van der Waals surface area contributed by atoms with Crippen LogP contribution in [0.15, 0.2) is 24.3 Å². The summed E-state index contributed by atoms with van der Waals surface area (Å²) in [6.45, 7) is 6.98. The number of halogens is 1. The maximum atomic E-state index is 6.06. The number of nitrogens with zero attached hydrogens (tertiary/aromatic N) is 1. The van der Waals surface area contributed by atoms with Crippen molar-refractivity contribution in [2.24, 2.45) is 5.92 Å². The van der Waals surface area contributed by atoms with Gasteiger partial charge in [0.15, 0.2) is 0 Å². The minimum Gasteiger partial charge on any atom is -0.307 e. The molecule has 0 aliphatic carbocycles. The van der Waals surface area contributed by atoms with Gasteiger partial charge < -0.3 is 10.2 Å². The van der Waals surface area contributed by atoms with Crippen LogP contribution in [-0.4, -0.2) is 31.1 Å². The number of rotatable bonds is 4. The molecule has 3 heteroatoms. The van der Waals surface area contributed by atoms with Crippen LogP contribution in [0.25, 0.3) is 0 Å². The van der Waals surface area contributed by atoms with Gasteiger partial charge in [-0.3, -0.25) is 0 Å². The lowest BCUT2D eigenvalue weighted by atomic mass is 9.91. The minimum atomic E-state index is 0.348. The number of likely N-dealkylation sites (tertiary alicyclic amines) is 1. The van der Waals surface area contributed by atoms with Crippen LogP contribution in [0, 0.1) is 5.92 Å². The predicted molar refractivity (Wildman–Crippen MR) is 82.7 cm³/mol. The molecular weight excluding hydrogens is 256 g/mol. The lowest BCUT2D eigenvalue weighted by Crippen LogP contribution is -2.43. The summed E-state index contributed by atoms with van der Waals surface area (Å²) in [6, 6.07) is 9.03. The summed E-state index contributed by atoms with van der Waals surface area (Å²) in [5.41, 5.74) is 1.27. The molecule has 19 heavy (non-hydrogen) atoms. The first-order chi connectivity index (χ1) is 9.06. The smallest absolute Gasteiger partial charge is 0.0409 e. The van der Waals surface area contributed by atoms with Gasteiger partial charge in [0.05, 0.1) is 0 Å². The zero-order chi connectivity index (χ0) is 13.8. The van der Waals surface area contributed by atoms with Gasteiger partial charge in [0, 0.05) is 23.7 Å². The number of piperidine rings is 1. The van der Waals surface area contributed by atoms with Crippen LogP contribution in [0.1, 0.15) is 38.3 Å². The van der Waals surface area contributed by atoms with Crippen molar-refractivity contribution in [2.75, 3.05) is 20.1 Å². The van der Waals surface area contributed by atoms with Crippen molar-refractivity contribution in [1.29, 1.82) is 0 Å². The summed E-state index contributed by atoms with van der Waals surface area (Å²) in [5.74, 6) is 0.750. The molecule has 0 radical (unpaired) electrons. The third-order valence-electron chi connectivity index (χ3n) is 4.23. The molecule has 0 aromatic heterocycles. The van der Waals surface area contributed by atoms with Crippen molar-refractivity contribution in [2.45, 2.75) is 38.8 Å². The second kappa shape index (κ2) is 6.74. The van der Waals surface area contributed by atoms with Crippen LogP contribution in [0.2, 0.25) is 5.02 Å². The van der Waals surface area contributed by atoms with E-state index in [-0.39, 0.29) is 0 Å². The fourth-order valence-electron chi connectivity index (χ4n) is 3.02. The van der Waals surface area contributed by atoms with E-state index >= 15 is 0 Å². The summed E-state index contributed by atoms with van der Waals surface area (Å²) < 4.78 is 0. The normalized spacial score (nSPS) is 24.1. The summed E-state index contributed by atoms with van der Waals surface area (Å²) >= 11 is 6.06. The maximum Gasteiger partial charge on any atom is 0.0409 e. The van der Waals surface area contributed by atoms with Crippen LogP contribution in [0.5, 0.6) is 0 Å². The minimum absolute atomic E-state index is 0.348. The van der Waals surface area contributed by atoms with Crippen molar-refractivity contribution in [1.82, 2.24) is 10.2 Å². The monoisotopic (exact) mass is 280 g/mol. The van der Waals surface area contributed by atoms with E-state index in [1.165, 1.54) is 31.5 Å². The fraction of sp³-hybridized carbons (Fsp3) is 0.625. The third-order valence-corrected chi connectivity index (χ3v) is 4.46. The molecule has 106 valence electrons. The second-order valence-electron chi connectivity index (χ2n) is 5.90. The molecule has 1 aliphatic heterocycles. The van der Waals surface area contributed by atoms with Gasteiger partial charge in [0.25, 0.3) is 0 Å². The van der Waals surface area contributed by atoms with Gasteiger partial charge in [-0.25, -0.2) is 0 Å². The van der Waals surface area contributed by atoms with E-state index in [9.17, 15) is 0 Å². The molecule has 1 fully saturated rings. The molecule has 2 rings (SSSR count). The van der Waals surface area contributed by atoms with Crippen LogP contribution in [0.3, 0.4) is 0 Å². The summed E-state index contributed by atoms with van der Waals surface area (Å²) in [4.78, 5) is 2.44. The van der Waals surface area contributed by atoms with E-state index in [1.54, 1.807) is 0 Å². The average Bonchev–Trinajstić information content (AvgIpc) is 2.38. The highest BCUT2D eigenvalue weighted by atomic mass is 35.5. The van der Waals surface area contributed by atoms with E-state index in [0.29, 0.717) is 12.1 Å². The Morgan fingerprint density at radius 2 is 2.16 bits per heavy atom. The Bertz CT molecular complexity index is 407. The Labute approximate surface area is 122 Å². The van der Waals surface area contributed by atoms with Crippen molar-refractivity contribution >= 4 is 11.6 Å². The summed E-state index contributed by atoms with van der Waals surface area (Å²) in [7, 11) is 2.22. The maximum absolute atomic E-state index is 6.06. The van der Waals surface area contributed by atoms with Crippen molar-refractivity contribution in [3.05, 3.63) is 34.9 Å². The molecule has 3 unspecified atom stereocenters. The number of hydrogen-bond donors (Lipinski definition) is 1. The zero-order valence-electron chi connectivity index (χ0n) is 12.2. The van der Waals surface area contributed by atoms with Gasteiger partial charge in [-0.05, 0) is 63.9 Å². The van der Waals surface area contributed by atoms with Gasteiger partial charge in [0.2, 0.25) is 0 Å². The Balaban J connectivity index is 1.92. The summed E-state index contributed by atoms with van der Waals surface area (Å²) in [5, 5.41) is 4.54. The second-order valence-corrected chi connectivity index (χ2v) is 6.33. The first-order valence-corrected chi connectivity index (χ1v) is 7.64. The molecule has 1 N–H and O–H groups in total. The molecular formula is C16H25ClN2. The van der Waals surface area contributed by atoms with Gasteiger partial charge in [-0.1, -0.05) is 23.7 Å². The molecule has 1 aromatic carbocycles. The Kier molecular flexibility index (Phi) is 5.26. The van der Waals surface area contributed by atoms with Crippen molar-refractivity contribution in [3.8, 4) is 0 Å². The molecule has 1 heterocycles. The van der Waals surface area contributed by atoms with Gasteiger partial charge >= 0.3 is 0 Å². The first-order valence-electron chi connectivity index (χ1n) is 7.26. The average molecular weight is 281 g/mol. The lowest BCUT2D eigenvalue weighted by Gasteiger charge is -2.35. The first kappa shape index (κ1) is 14.8. The highest BCUT2D eigenvalue weighted by Gasteiger charge is 2.23. The highest BCUT2D eigenvalue weighted by Crippen LogP contribution is 2.22. The Morgan fingerprint density at radius 3 is 2.84 bits per heavy atom. The molecule has 0 bridgehead atoms. The number of benzene rings is 1. The van der Waals surface area contributed by atoms with E-state index in [1.807, 2.05) is 12.1 Å². The predicted octanol–water partition coefficient (Wildman–Crippen LogP) is 3.72. The Morgan fingerprint density at radius 1 is 1.37 bits per heavy atom. The van der Waals surface area contributed by atoms with E-state index < -0.39 is 0 Å². The van der Waals surface area contributed by atoms with Crippen LogP contribution >= 0.6 is 11.6 Å². The highest BCUT2D eigenvalue weighted by molar-refractivity contribution is 6.30. The largest absolute Gasteiger partial charge is 0.307 e. The van der Waals surface area contributed by atoms with Gasteiger partial charge in [-0.2, -0.15) is 0 Å². The molecule has 0 saturated carbocycles. The molecule has 3 atom stereocenters. The van der Waals surface area contributed by atoms with E-state index in [2.05, 4.69) is 43.2 Å². The quantitative estimate of drug-likeness (QED) is 0.904. The van der Waals surface area contributed by atoms with Crippen LogP contribution in [0.4, 0.5) is 0 Å². The number of hydrogen-bond acceptors (Lipinski definition) is 2. The standard InChI is InChI=1S/C16H25ClN2/c1-12(14-6-4-8-16(17)10-14)18-13(2)15-7-5-9-19(3)11-15/h4,6,8,10,12-13,15,18H,5,7,9,11H2,1-3H3. The molecule has 0 spiro atoms. The number of nitrogens with one attached hydrogen (secondary N) is 1. The van der Waals surface area contributed by atoms with Gasteiger partial charge in [0.1, 0.15) is 0 Å². The van der Waals surface area contributed by atoms with Crippen molar-refractivity contribution < 1.29 is 0 Å². The van der Waals surface area contributed by atoms with E-state index in [4.69, 9.17) is 11.6 Å². The third kappa shape index (κ3) is 4.20. The lowest BCUT2D eigenvalue weighted by molar-refractivity contribution is 0.174.